The van der Waals surface area contributed by atoms with E-state index in [0.29, 0.717) is 11.6 Å². The monoisotopic (exact) mass is 237 g/mol. The van der Waals surface area contributed by atoms with Crippen molar-refractivity contribution in [1.29, 1.82) is 0 Å². The molecule has 3 N–H and O–H groups in total. The van der Waals surface area contributed by atoms with E-state index in [9.17, 15) is 0 Å². The summed E-state index contributed by atoms with van der Waals surface area (Å²) in [5.74, 6) is 2.01. The summed E-state index contributed by atoms with van der Waals surface area (Å²) in [5.41, 5.74) is 7.14. The van der Waals surface area contributed by atoms with Crippen LogP contribution in [0.3, 0.4) is 0 Å². The Balaban J connectivity index is 2.19. The van der Waals surface area contributed by atoms with E-state index in [0.717, 1.165) is 22.7 Å². The molecule has 2 rings (SSSR count). The van der Waals surface area contributed by atoms with Gasteiger partial charge in [0.05, 0.1) is 6.33 Å². The van der Waals surface area contributed by atoms with Crippen molar-refractivity contribution in [2.45, 2.75) is 25.3 Å². The van der Waals surface area contributed by atoms with Gasteiger partial charge in [0.2, 0.25) is 5.95 Å². The number of hydrogen-bond acceptors (Lipinski definition) is 5. The second-order valence-corrected chi connectivity index (χ2v) is 5.10. The summed E-state index contributed by atoms with van der Waals surface area (Å²) in [4.78, 5) is 15.4. The molecule has 0 unspecified atom stereocenters. The number of nitrogens with one attached hydrogen (secondary N) is 1. The number of nitrogens with zero attached hydrogens (tertiary/aromatic N) is 3. The molecule has 0 aromatic carbocycles. The molecular formula is C10H15N5S. The van der Waals surface area contributed by atoms with Crippen LogP contribution in [0.1, 0.15) is 20.3 Å². The average Bonchev–Trinajstić information content (AvgIpc) is 2.64. The quantitative estimate of drug-likeness (QED) is 0.628. The van der Waals surface area contributed by atoms with Crippen molar-refractivity contribution >= 4 is 28.9 Å². The minimum absolute atomic E-state index is 0.284. The lowest BCUT2D eigenvalue weighted by molar-refractivity contribution is 0.632. The van der Waals surface area contributed by atoms with Crippen LogP contribution < -0.4 is 5.73 Å². The molecule has 6 heteroatoms. The highest BCUT2D eigenvalue weighted by atomic mass is 32.2. The summed E-state index contributed by atoms with van der Waals surface area (Å²) in [7, 11) is 0. The Morgan fingerprint density at radius 2 is 2.25 bits per heavy atom. The zero-order chi connectivity index (χ0) is 11.5. The second kappa shape index (κ2) is 4.69. The Hall–Kier alpha value is -1.30. The highest BCUT2D eigenvalue weighted by molar-refractivity contribution is 7.99. The SMILES string of the molecule is CC(C)CCSc1nc(N)nc2nc[nH]c12. The topological polar surface area (TPSA) is 80.5 Å². The van der Waals surface area contributed by atoms with Crippen LogP contribution >= 0.6 is 11.8 Å². The minimum Gasteiger partial charge on any atom is -0.368 e. The van der Waals surface area contributed by atoms with Crippen LogP contribution in [0.2, 0.25) is 0 Å². The first kappa shape index (κ1) is 11.2. The number of nitrogens with two attached hydrogens (primary N) is 1. The van der Waals surface area contributed by atoms with Gasteiger partial charge in [-0.05, 0) is 18.1 Å². The van der Waals surface area contributed by atoms with Crippen LogP contribution in [0, 0.1) is 5.92 Å². The molecule has 5 nitrogen and oxygen atoms in total. The zero-order valence-corrected chi connectivity index (χ0v) is 10.2. The number of H-pyrrole nitrogens is 1. The van der Waals surface area contributed by atoms with Crippen molar-refractivity contribution in [3.8, 4) is 0 Å². The van der Waals surface area contributed by atoms with E-state index < -0.39 is 0 Å². The van der Waals surface area contributed by atoms with Crippen LogP contribution in [-0.2, 0) is 0 Å². The lowest BCUT2D eigenvalue weighted by Crippen LogP contribution is -1.98. The molecule has 0 bridgehead atoms. The molecule has 0 aliphatic heterocycles. The molecule has 0 radical (unpaired) electrons. The first-order valence-corrected chi connectivity index (χ1v) is 6.24. The van der Waals surface area contributed by atoms with Crippen LogP contribution in [0.25, 0.3) is 11.2 Å². The lowest BCUT2D eigenvalue weighted by atomic mass is 10.2. The minimum atomic E-state index is 0.284. The van der Waals surface area contributed by atoms with Crippen molar-refractivity contribution < 1.29 is 0 Å². The van der Waals surface area contributed by atoms with Gasteiger partial charge in [-0.15, -0.1) is 11.8 Å². The maximum Gasteiger partial charge on any atom is 0.223 e. The standard InChI is InChI=1S/C10H15N5S/c1-6(2)3-4-16-9-7-8(13-5-12-7)14-10(11)15-9/h5-6H,3-4H2,1-2H3,(H3,11,12,13,14,15). The number of aromatic nitrogens is 4. The van der Waals surface area contributed by atoms with E-state index in [-0.39, 0.29) is 5.95 Å². The van der Waals surface area contributed by atoms with E-state index in [1.165, 1.54) is 0 Å². The van der Waals surface area contributed by atoms with Gasteiger partial charge >= 0.3 is 0 Å². The molecule has 0 saturated carbocycles. The van der Waals surface area contributed by atoms with Crippen LogP contribution in [-0.4, -0.2) is 25.7 Å². The summed E-state index contributed by atoms with van der Waals surface area (Å²) in [5, 5.41) is 0.889. The Labute approximate surface area is 98.3 Å². The van der Waals surface area contributed by atoms with Crippen molar-refractivity contribution in [1.82, 2.24) is 19.9 Å². The predicted molar refractivity (Wildman–Crippen MR) is 66.3 cm³/mol. The highest BCUT2D eigenvalue weighted by Gasteiger charge is 2.08. The molecule has 0 saturated heterocycles. The maximum absolute atomic E-state index is 5.63. The van der Waals surface area contributed by atoms with Gasteiger partial charge in [0, 0.05) is 0 Å². The van der Waals surface area contributed by atoms with E-state index >= 15 is 0 Å². The summed E-state index contributed by atoms with van der Waals surface area (Å²) < 4.78 is 0. The van der Waals surface area contributed by atoms with Crippen LogP contribution in [0.15, 0.2) is 11.4 Å². The number of fused-ring (bicyclic) bond motifs is 1. The van der Waals surface area contributed by atoms with Gasteiger partial charge in [0.15, 0.2) is 5.65 Å². The van der Waals surface area contributed by atoms with Gasteiger partial charge in [0.1, 0.15) is 10.5 Å². The summed E-state index contributed by atoms with van der Waals surface area (Å²) in [6, 6.07) is 0. The van der Waals surface area contributed by atoms with E-state index in [2.05, 4.69) is 33.8 Å². The van der Waals surface area contributed by atoms with Gasteiger partial charge in [-0.3, -0.25) is 0 Å². The summed E-state index contributed by atoms with van der Waals surface area (Å²) in [6.07, 6.45) is 2.77. The Morgan fingerprint density at radius 3 is 3.00 bits per heavy atom. The molecule has 0 aliphatic carbocycles. The van der Waals surface area contributed by atoms with Gasteiger partial charge in [-0.1, -0.05) is 13.8 Å². The van der Waals surface area contributed by atoms with Crippen molar-refractivity contribution in [2.75, 3.05) is 11.5 Å². The average molecular weight is 237 g/mol. The number of aromatic amines is 1. The maximum atomic E-state index is 5.63. The third-order valence-corrected chi connectivity index (χ3v) is 3.21. The first-order chi connectivity index (χ1) is 7.66. The second-order valence-electron chi connectivity index (χ2n) is 4.02. The van der Waals surface area contributed by atoms with E-state index in [1.807, 2.05) is 0 Å². The largest absolute Gasteiger partial charge is 0.368 e. The van der Waals surface area contributed by atoms with Crippen molar-refractivity contribution in [3.63, 3.8) is 0 Å². The molecule has 0 atom stereocenters. The Bertz CT molecular complexity index is 479. The highest BCUT2D eigenvalue weighted by Crippen LogP contribution is 2.24. The molecule has 2 heterocycles. The van der Waals surface area contributed by atoms with E-state index in [1.54, 1.807) is 18.1 Å². The van der Waals surface area contributed by atoms with Crippen molar-refractivity contribution in [3.05, 3.63) is 6.33 Å². The molecule has 0 spiro atoms. The molecule has 0 fully saturated rings. The number of imidazole rings is 1. The molecular weight excluding hydrogens is 222 g/mol. The molecule has 2 aromatic heterocycles. The smallest absolute Gasteiger partial charge is 0.223 e. The normalized spacial score (nSPS) is 11.4. The lowest BCUT2D eigenvalue weighted by Gasteiger charge is -2.04. The number of anilines is 1. The fourth-order valence-corrected chi connectivity index (χ4v) is 2.55. The third kappa shape index (κ3) is 2.44. The fourth-order valence-electron chi connectivity index (χ4n) is 1.32. The number of nitrogen functional groups attached to an aromatic ring is 1. The van der Waals surface area contributed by atoms with Gasteiger partial charge in [-0.2, -0.15) is 4.98 Å². The first-order valence-electron chi connectivity index (χ1n) is 5.26. The van der Waals surface area contributed by atoms with Gasteiger partial charge in [0.25, 0.3) is 0 Å². The van der Waals surface area contributed by atoms with Gasteiger partial charge < -0.3 is 10.7 Å². The summed E-state index contributed by atoms with van der Waals surface area (Å²) >= 11 is 1.69. The Kier molecular flexibility index (Phi) is 3.28. The Morgan fingerprint density at radius 1 is 1.44 bits per heavy atom. The molecule has 2 aromatic rings. The fraction of sp³-hybridized carbons (Fsp3) is 0.500. The van der Waals surface area contributed by atoms with Gasteiger partial charge in [-0.25, -0.2) is 9.97 Å². The third-order valence-electron chi connectivity index (χ3n) is 2.20. The number of thioether (sulfide) groups is 1. The predicted octanol–water partition coefficient (Wildman–Crippen LogP) is 2.07. The zero-order valence-electron chi connectivity index (χ0n) is 9.40. The summed E-state index contributed by atoms with van der Waals surface area (Å²) in [6.45, 7) is 4.42. The number of hydrogen-bond donors (Lipinski definition) is 2. The molecule has 86 valence electrons. The molecule has 16 heavy (non-hydrogen) atoms. The van der Waals surface area contributed by atoms with E-state index in [4.69, 9.17) is 5.73 Å². The van der Waals surface area contributed by atoms with Crippen molar-refractivity contribution in [2.24, 2.45) is 5.92 Å². The number of rotatable bonds is 4. The molecule has 0 amide bonds. The van der Waals surface area contributed by atoms with Crippen LogP contribution in [0.4, 0.5) is 5.95 Å². The molecule has 0 aliphatic rings. The van der Waals surface area contributed by atoms with Crippen LogP contribution in [0.5, 0.6) is 0 Å².